The van der Waals surface area contributed by atoms with Gasteiger partial charge in [-0.15, -0.1) is 0 Å². The molecule has 2 fully saturated rings. The van der Waals surface area contributed by atoms with Gasteiger partial charge >= 0.3 is 0 Å². The second-order valence-electron chi connectivity index (χ2n) is 20.7. The average Bonchev–Trinajstić information content (AvgIpc) is 3.55. The summed E-state index contributed by atoms with van der Waals surface area (Å²) >= 11 is 0. The fraction of sp³-hybridized carbons (Fsp3) is 0.627. The Bertz CT molecular complexity index is 1910. The first-order valence-corrected chi connectivity index (χ1v) is 30.6. The highest BCUT2D eigenvalue weighted by molar-refractivity contribution is 5.76. The lowest BCUT2D eigenvalue weighted by atomic mass is 9.97. The second kappa shape index (κ2) is 50.4. The Kier molecular flexibility index (Phi) is 45.4. The van der Waals surface area contributed by atoms with Gasteiger partial charge in [0.2, 0.25) is 5.91 Å². The minimum Gasteiger partial charge on any atom is -0.394 e. The first-order chi connectivity index (χ1) is 39.6. The van der Waals surface area contributed by atoms with Gasteiger partial charge in [0.25, 0.3) is 0 Å². The maximum atomic E-state index is 13.1. The number of hydrogen-bond acceptors (Lipinski definition) is 13. The van der Waals surface area contributed by atoms with Crippen molar-refractivity contribution in [3.8, 4) is 0 Å². The number of rotatable bonds is 46. The molecule has 0 aliphatic carbocycles. The third kappa shape index (κ3) is 35.6. The summed E-state index contributed by atoms with van der Waals surface area (Å²) in [4.78, 5) is 13.1. The molecule has 14 heteroatoms. The molecule has 2 rings (SSSR count). The summed E-state index contributed by atoms with van der Waals surface area (Å²) < 4.78 is 22.6. The topological polar surface area (TPSA) is 228 Å². The van der Waals surface area contributed by atoms with Gasteiger partial charge in [0, 0.05) is 6.42 Å². The van der Waals surface area contributed by atoms with E-state index in [1.54, 1.807) is 6.08 Å². The summed E-state index contributed by atoms with van der Waals surface area (Å²) in [5.74, 6) is -0.264. The molecule has 2 aliphatic rings. The summed E-state index contributed by atoms with van der Waals surface area (Å²) in [5, 5.41) is 86.5. The number of nitrogens with one attached hydrogen (secondary N) is 1. The Morgan fingerprint density at radius 1 is 0.457 bits per heavy atom. The predicted molar refractivity (Wildman–Crippen MR) is 327 cm³/mol. The molecule has 0 bridgehead atoms. The van der Waals surface area contributed by atoms with E-state index >= 15 is 0 Å². The van der Waals surface area contributed by atoms with Crippen molar-refractivity contribution in [2.24, 2.45) is 0 Å². The van der Waals surface area contributed by atoms with E-state index in [2.05, 4.69) is 153 Å². The van der Waals surface area contributed by atoms with Crippen molar-refractivity contribution in [1.82, 2.24) is 5.32 Å². The van der Waals surface area contributed by atoms with Crippen LogP contribution >= 0.6 is 0 Å². The maximum Gasteiger partial charge on any atom is 0.220 e. The molecule has 0 aromatic carbocycles. The molecule has 0 radical (unpaired) electrons. The Labute approximate surface area is 487 Å². The van der Waals surface area contributed by atoms with Crippen LogP contribution in [0.1, 0.15) is 174 Å². The van der Waals surface area contributed by atoms with Crippen LogP contribution in [0.25, 0.3) is 0 Å². The fourth-order valence-corrected chi connectivity index (χ4v) is 8.88. The lowest BCUT2D eigenvalue weighted by molar-refractivity contribution is -0.359. The monoisotopic (exact) mass is 1130 g/mol. The van der Waals surface area contributed by atoms with Crippen molar-refractivity contribution in [2.45, 2.75) is 248 Å². The Morgan fingerprint density at radius 3 is 1.31 bits per heavy atom. The Balaban J connectivity index is 1.56. The predicted octanol–water partition coefficient (Wildman–Crippen LogP) is 10.9. The average molecular weight is 1130 g/mol. The molecule has 458 valence electrons. The highest BCUT2D eigenvalue weighted by Crippen LogP contribution is 2.30. The third-order valence-corrected chi connectivity index (χ3v) is 13.8. The summed E-state index contributed by atoms with van der Waals surface area (Å²) in [7, 11) is 0. The molecule has 0 spiro atoms. The van der Waals surface area contributed by atoms with Crippen LogP contribution in [-0.2, 0) is 23.7 Å². The molecule has 1 amide bonds. The fourth-order valence-electron chi connectivity index (χ4n) is 8.88. The number of amides is 1. The summed E-state index contributed by atoms with van der Waals surface area (Å²) in [6, 6.07) is -0.927. The third-order valence-electron chi connectivity index (χ3n) is 13.8. The van der Waals surface area contributed by atoms with Crippen LogP contribution in [0.15, 0.2) is 146 Å². The first kappa shape index (κ1) is 73.0. The van der Waals surface area contributed by atoms with E-state index in [4.69, 9.17) is 18.9 Å². The zero-order valence-electron chi connectivity index (χ0n) is 49.2. The van der Waals surface area contributed by atoms with Crippen LogP contribution in [-0.4, -0.2) is 140 Å². The zero-order chi connectivity index (χ0) is 58.8. The van der Waals surface area contributed by atoms with Gasteiger partial charge in [0.1, 0.15) is 48.8 Å². The summed E-state index contributed by atoms with van der Waals surface area (Å²) in [6.45, 7) is 2.54. The lowest BCUT2D eigenvalue weighted by Crippen LogP contribution is -2.65. The second-order valence-corrected chi connectivity index (χ2v) is 20.7. The van der Waals surface area contributed by atoms with Gasteiger partial charge < -0.3 is 65.1 Å². The van der Waals surface area contributed by atoms with E-state index in [0.29, 0.717) is 6.42 Å². The van der Waals surface area contributed by atoms with Crippen molar-refractivity contribution in [1.29, 1.82) is 0 Å². The largest absolute Gasteiger partial charge is 0.394 e. The van der Waals surface area contributed by atoms with E-state index in [-0.39, 0.29) is 18.9 Å². The molecule has 12 atom stereocenters. The maximum absolute atomic E-state index is 13.1. The van der Waals surface area contributed by atoms with Crippen molar-refractivity contribution in [3.63, 3.8) is 0 Å². The Morgan fingerprint density at radius 2 is 0.852 bits per heavy atom. The number of ether oxygens (including phenoxy) is 4. The van der Waals surface area contributed by atoms with Gasteiger partial charge in [-0.05, 0) is 103 Å². The normalized spacial score (nSPS) is 25.2. The van der Waals surface area contributed by atoms with Gasteiger partial charge in [-0.3, -0.25) is 4.79 Å². The van der Waals surface area contributed by atoms with Crippen molar-refractivity contribution >= 4 is 5.91 Å². The van der Waals surface area contributed by atoms with Crippen molar-refractivity contribution < 1.29 is 64.6 Å². The van der Waals surface area contributed by atoms with Crippen LogP contribution in [0, 0.1) is 0 Å². The van der Waals surface area contributed by atoms with Gasteiger partial charge in [0.15, 0.2) is 12.6 Å². The summed E-state index contributed by atoms with van der Waals surface area (Å²) in [5.41, 5.74) is 0. The van der Waals surface area contributed by atoms with Crippen molar-refractivity contribution in [2.75, 3.05) is 19.8 Å². The number of allylic oxidation sites excluding steroid dienone is 23. The zero-order valence-corrected chi connectivity index (χ0v) is 49.2. The van der Waals surface area contributed by atoms with E-state index in [9.17, 15) is 45.6 Å². The minimum atomic E-state index is -1.79. The Hall–Kier alpha value is -4.13. The molecule has 14 nitrogen and oxygen atoms in total. The quantitative estimate of drug-likeness (QED) is 0.0204. The summed E-state index contributed by atoms with van der Waals surface area (Å²) in [6.07, 6.45) is 59.6. The highest BCUT2D eigenvalue weighted by atomic mass is 16.7. The molecule has 9 N–H and O–H groups in total. The number of aliphatic hydroxyl groups excluding tert-OH is 8. The lowest BCUT2D eigenvalue weighted by Gasteiger charge is -2.46. The molecule has 2 aliphatic heterocycles. The van der Waals surface area contributed by atoms with Crippen LogP contribution in [0.4, 0.5) is 0 Å². The molecule has 12 unspecified atom stereocenters. The van der Waals surface area contributed by atoms with E-state index in [1.165, 1.54) is 0 Å². The van der Waals surface area contributed by atoms with Crippen molar-refractivity contribution in [3.05, 3.63) is 146 Å². The molecule has 2 heterocycles. The highest BCUT2D eigenvalue weighted by Gasteiger charge is 2.51. The molecular formula is C67H107NO13. The molecule has 81 heavy (non-hydrogen) atoms. The smallest absolute Gasteiger partial charge is 0.220 e. The minimum absolute atomic E-state index is 0.257. The molecular weight excluding hydrogens is 1030 g/mol. The molecule has 0 aromatic heterocycles. The molecule has 0 saturated carbocycles. The van der Waals surface area contributed by atoms with Gasteiger partial charge in [0.05, 0.1) is 32.0 Å². The number of carbonyl (C=O) groups excluding carboxylic acids is 1. The van der Waals surface area contributed by atoms with E-state index in [0.717, 1.165) is 148 Å². The first-order valence-electron chi connectivity index (χ1n) is 30.6. The molecule has 0 aromatic rings. The SMILES string of the molecule is CC/C=C\C/C=C\C/C=C\C/C=C\C/C=C\C/C=C\C/C=C\C/C=C\C/C=C\C/C=C\C/C=C\CCCCCCCCCC(=O)NC(COC1OC(CO)C(OC2OC(CO)C(O)C(O)C2O)C(O)C1O)C(O)/C=C/CCCCCC. The standard InChI is InChI=1S/C67H107NO13/c1-3-5-7-9-11-12-13-14-15-16-17-18-19-20-21-22-23-24-25-26-27-28-29-30-31-32-33-34-35-36-37-38-39-40-41-42-43-44-45-47-49-51-59(72)68-55(56(71)50-48-46-10-8-6-4-2)54-78-66-64(77)62(75)65(58(53-70)80-66)81-67-63(76)61(74)60(73)57(52-69)79-67/h5,7,11-12,14-15,17-18,20-21,23-24,26-27,29-30,32-33,35-36,38-39,48,50,55-58,60-67,69-71,73-77H,3-4,6,8-10,13,16,19,22,25,28,31,34,37,40-47,49,51-54H2,1-2H3,(H,68,72)/b7-5-,12-11-,15-14-,18-17-,21-20-,24-23-,27-26-,30-29-,33-32-,36-35-,39-38-,50-48+. The molecule has 2 saturated heterocycles. The van der Waals surface area contributed by atoms with Crippen LogP contribution in [0.2, 0.25) is 0 Å². The number of carbonyl (C=O) groups is 1. The van der Waals surface area contributed by atoms with Gasteiger partial charge in [-0.1, -0.05) is 211 Å². The number of unbranched alkanes of at least 4 members (excludes halogenated alkanes) is 11. The number of aliphatic hydroxyl groups is 8. The van der Waals surface area contributed by atoms with Gasteiger partial charge in [-0.25, -0.2) is 0 Å². The number of hydrogen-bond donors (Lipinski definition) is 9. The van der Waals surface area contributed by atoms with E-state index < -0.39 is 86.8 Å². The van der Waals surface area contributed by atoms with Crippen LogP contribution in [0.5, 0.6) is 0 Å². The van der Waals surface area contributed by atoms with E-state index in [1.807, 2.05) is 6.08 Å². The van der Waals surface area contributed by atoms with Crippen LogP contribution < -0.4 is 5.32 Å². The van der Waals surface area contributed by atoms with Gasteiger partial charge in [-0.2, -0.15) is 0 Å². The van der Waals surface area contributed by atoms with Crippen LogP contribution in [0.3, 0.4) is 0 Å².